The molecule has 78 valence electrons. The molecule has 1 rings (SSSR count). The van der Waals surface area contributed by atoms with Gasteiger partial charge in [0, 0.05) is 19.3 Å². The van der Waals surface area contributed by atoms with E-state index in [0.29, 0.717) is 0 Å². The molecule has 2 nitrogen and oxygen atoms in total. The largest absolute Gasteiger partial charge is 0.385 e. The molecule has 13 heavy (non-hydrogen) atoms. The zero-order chi connectivity index (χ0) is 9.73. The number of rotatable bonds is 4. The third-order valence-corrected chi connectivity index (χ3v) is 3.36. The highest BCUT2D eigenvalue weighted by molar-refractivity contribution is 4.90. The Morgan fingerprint density at radius 3 is 2.92 bits per heavy atom. The molecule has 0 saturated heterocycles. The van der Waals surface area contributed by atoms with Crippen molar-refractivity contribution in [2.75, 3.05) is 13.7 Å². The molecule has 0 amide bonds. The van der Waals surface area contributed by atoms with Crippen LogP contribution in [0.3, 0.4) is 0 Å². The molecule has 0 heterocycles. The van der Waals surface area contributed by atoms with Gasteiger partial charge in [-0.2, -0.15) is 0 Å². The maximum absolute atomic E-state index is 6.33. The lowest BCUT2D eigenvalue weighted by molar-refractivity contribution is 0.133. The normalized spacial score (nSPS) is 34.8. The van der Waals surface area contributed by atoms with Crippen LogP contribution in [0.5, 0.6) is 0 Å². The van der Waals surface area contributed by atoms with E-state index in [2.05, 4.69) is 6.92 Å². The minimum atomic E-state index is 0.0783. The Kier molecular flexibility index (Phi) is 4.20. The molecule has 0 aliphatic heterocycles. The number of ether oxygens (including phenoxy) is 1. The fourth-order valence-corrected chi connectivity index (χ4v) is 2.40. The first kappa shape index (κ1) is 11.0. The second-order valence-corrected chi connectivity index (χ2v) is 4.48. The maximum atomic E-state index is 6.33. The van der Waals surface area contributed by atoms with Gasteiger partial charge < -0.3 is 10.5 Å². The number of methoxy groups -OCH3 is 1. The van der Waals surface area contributed by atoms with Gasteiger partial charge in [-0.1, -0.05) is 26.2 Å². The summed E-state index contributed by atoms with van der Waals surface area (Å²) < 4.78 is 5.10. The van der Waals surface area contributed by atoms with Gasteiger partial charge in [0.2, 0.25) is 0 Å². The molecule has 0 aromatic heterocycles. The van der Waals surface area contributed by atoms with Crippen LogP contribution in [-0.2, 0) is 4.74 Å². The van der Waals surface area contributed by atoms with E-state index in [1.54, 1.807) is 7.11 Å². The second kappa shape index (κ2) is 4.97. The Hall–Kier alpha value is -0.0800. The van der Waals surface area contributed by atoms with Crippen molar-refractivity contribution in [3.63, 3.8) is 0 Å². The van der Waals surface area contributed by atoms with Crippen molar-refractivity contribution >= 4 is 0 Å². The monoisotopic (exact) mass is 185 g/mol. The first-order valence-corrected chi connectivity index (χ1v) is 5.48. The standard InChI is InChI=1S/C11H23NO/c1-3-10-5-4-6-11(12,9-10)7-8-13-2/h10H,3-9,12H2,1-2H3. The quantitative estimate of drug-likeness (QED) is 0.729. The highest BCUT2D eigenvalue weighted by Crippen LogP contribution is 2.34. The van der Waals surface area contributed by atoms with Gasteiger partial charge in [-0.15, -0.1) is 0 Å². The molecule has 0 spiro atoms. The molecule has 1 saturated carbocycles. The predicted molar refractivity (Wildman–Crippen MR) is 55.7 cm³/mol. The summed E-state index contributed by atoms with van der Waals surface area (Å²) in [5.74, 6) is 0.857. The van der Waals surface area contributed by atoms with E-state index in [-0.39, 0.29) is 5.54 Å². The van der Waals surface area contributed by atoms with Crippen molar-refractivity contribution < 1.29 is 4.74 Å². The lowest BCUT2D eigenvalue weighted by atomic mass is 9.74. The number of hydrogen-bond acceptors (Lipinski definition) is 2. The van der Waals surface area contributed by atoms with Crippen molar-refractivity contribution in [3.8, 4) is 0 Å². The van der Waals surface area contributed by atoms with Crippen molar-refractivity contribution in [1.29, 1.82) is 0 Å². The van der Waals surface area contributed by atoms with E-state index >= 15 is 0 Å². The lowest BCUT2D eigenvalue weighted by Crippen LogP contribution is -2.45. The minimum absolute atomic E-state index is 0.0783. The number of hydrogen-bond donors (Lipinski definition) is 1. The Morgan fingerprint density at radius 1 is 1.54 bits per heavy atom. The van der Waals surface area contributed by atoms with Gasteiger partial charge in [0.25, 0.3) is 0 Å². The van der Waals surface area contributed by atoms with Crippen molar-refractivity contribution in [2.24, 2.45) is 11.7 Å². The van der Waals surface area contributed by atoms with Crippen LogP contribution in [0.4, 0.5) is 0 Å². The highest BCUT2D eigenvalue weighted by Gasteiger charge is 2.31. The summed E-state index contributed by atoms with van der Waals surface area (Å²) in [4.78, 5) is 0. The van der Waals surface area contributed by atoms with E-state index in [0.717, 1.165) is 18.9 Å². The van der Waals surface area contributed by atoms with Crippen molar-refractivity contribution in [3.05, 3.63) is 0 Å². The highest BCUT2D eigenvalue weighted by atomic mass is 16.5. The minimum Gasteiger partial charge on any atom is -0.385 e. The summed E-state index contributed by atoms with van der Waals surface area (Å²) in [5, 5.41) is 0. The zero-order valence-corrected chi connectivity index (χ0v) is 9.01. The predicted octanol–water partition coefficient (Wildman–Crippen LogP) is 2.32. The second-order valence-electron chi connectivity index (χ2n) is 4.48. The summed E-state index contributed by atoms with van der Waals surface area (Å²) >= 11 is 0. The number of nitrogens with two attached hydrogens (primary N) is 1. The van der Waals surface area contributed by atoms with E-state index in [1.165, 1.54) is 32.1 Å². The molecule has 2 atom stereocenters. The van der Waals surface area contributed by atoms with Crippen LogP contribution in [0.2, 0.25) is 0 Å². The first-order valence-electron chi connectivity index (χ1n) is 5.48. The van der Waals surface area contributed by atoms with Gasteiger partial charge in [-0.25, -0.2) is 0 Å². The average molecular weight is 185 g/mol. The smallest absolute Gasteiger partial charge is 0.0479 e. The van der Waals surface area contributed by atoms with E-state index in [1.807, 2.05) is 0 Å². The summed E-state index contributed by atoms with van der Waals surface area (Å²) in [6.07, 6.45) is 7.38. The van der Waals surface area contributed by atoms with E-state index in [4.69, 9.17) is 10.5 Å². The van der Waals surface area contributed by atoms with Gasteiger partial charge in [0.1, 0.15) is 0 Å². The molecule has 0 aromatic carbocycles. The van der Waals surface area contributed by atoms with Crippen LogP contribution in [0.15, 0.2) is 0 Å². The van der Waals surface area contributed by atoms with Gasteiger partial charge in [0.15, 0.2) is 0 Å². The lowest BCUT2D eigenvalue weighted by Gasteiger charge is -2.37. The van der Waals surface area contributed by atoms with Crippen LogP contribution < -0.4 is 5.73 Å². The molecule has 1 aliphatic carbocycles. The molecule has 0 bridgehead atoms. The molecule has 2 heteroatoms. The van der Waals surface area contributed by atoms with Gasteiger partial charge in [0.05, 0.1) is 0 Å². The average Bonchev–Trinajstić information content (AvgIpc) is 2.15. The zero-order valence-electron chi connectivity index (χ0n) is 9.01. The molecule has 2 N–H and O–H groups in total. The van der Waals surface area contributed by atoms with Crippen molar-refractivity contribution in [2.45, 2.75) is 51.0 Å². The van der Waals surface area contributed by atoms with Crippen LogP contribution >= 0.6 is 0 Å². The Labute approximate surface area is 81.8 Å². The van der Waals surface area contributed by atoms with Gasteiger partial charge >= 0.3 is 0 Å². The van der Waals surface area contributed by atoms with Gasteiger partial charge in [-0.05, 0) is 25.2 Å². The van der Waals surface area contributed by atoms with E-state index < -0.39 is 0 Å². The van der Waals surface area contributed by atoms with Crippen LogP contribution in [0.25, 0.3) is 0 Å². The summed E-state index contributed by atoms with van der Waals surface area (Å²) in [5.41, 5.74) is 6.41. The summed E-state index contributed by atoms with van der Waals surface area (Å²) in [6, 6.07) is 0. The van der Waals surface area contributed by atoms with Crippen LogP contribution in [0, 0.1) is 5.92 Å². The molecule has 0 aromatic rings. The molecule has 1 fully saturated rings. The van der Waals surface area contributed by atoms with Gasteiger partial charge in [-0.3, -0.25) is 0 Å². The SMILES string of the molecule is CCC1CCCC(N)(CCOC)C1. The first-order chi connectivity index (χ1) is 6.20. The summed E-state index contributed by atoms with van der Waals surface area (Å²) in [7, 11) is 1.75. The molecule has 2 unspecified atom stereocenters. The molecule has 1 aliphatic rings. The van der Waals surface area contributed by atoms with Crippen molar-refractivity contribution in [1.82, 2.24) is 0 Å². The summed E-state index contributed by atoms with van der Waals surface area (Å²) in [6.45, 7) is 3.08. The van der Waals surface area contributed by atoms with Crippen LogP contribution in [-0.4, -0.2) is 19.3 Å². The third kappa shape index (κ3) is 3.28. The fraction of sp³-hybridized carbons (Fsp3) is 1.00. The van der Waals surface area contributed by atoms with E-state index in [9.17, 15) is 0 Å². The Balaban J connectivity index is 2.37. The fourth-order valence-electron chi connectivity index (χ4n) is 2.40. The topological polar surface area (TPSA) is 35.2 Å². The Morgan fingerprint density at radius 2 is 2.31 bits per heavy atom. The molecular weight excluding hydrogens is 162 g/mol. The Bertz CT molecular complexity index is 149. The maximum Gasteiger partial charge on any atom is 0.0479 e. The molecule has 0 radical (unpaired) electrons. The van der Waals surface area contributed by atoms with Crippen LogP contribution in [0.1, 0.15) is 45.4 Å². The third-order valence-electron chi connectivity index (χ3n) is 3.36. The molecular formula is C11H23NO.